The highest BCUT2D eigenvalue weighted by Gasteiger charge is 2.45. The fourth-order valence-corrected chi connectivity index (χ4v) is 7.46. The predicted octanol–water partition coefficient (Wildman–Crippen LogP) is 11.1. The van der Waals surface area contributed by atoms with E-state index in [2.05, 4.69) is 127 Å². The third-order valence-corrected chi connectivity index (χ3v) is 9.61. The molecule has 0 amide bonds. The van der Waals surface area contributed by atoms with Gasteiger partial charge in [-0.1, -0.05) is 127 Å². The molecule has 9 rings (SSSR count). The van der Waals surface area contributed by atoms with Crippen molar-refractivity contribution >= 4 is 11.1 Å². The lowest BCUT2D eigenvalue weighted by Crippen LogP contribution is -2.28. The topological polar surface area (TPSA) is 49.8 Å². The van der Waals surface area contributed by atoms with Gasteiger partial charge in [-0.2, -0.15) is 5.26 Å². The molecule has 0 unspecified atom stereocenters. The summed E-state index contributed by atoms with van der Waals surface area (Å²) in [4.78, 5) is 4.84. The number of nitrogens with zero attached hydrogens (tertiary/aromatic N) is 2. The monoisotopic (exact) mass is 612 g/mol. The molecule has 0 fully saturated rings. The second-order valence-corrected chi connectivity index (χ2v) is 12.3. The summed E-state index contributed by atoms with van der Waals surface area (Å²) in [5.41, 5.74) is 14.4. The van der Waals surface area contributed by atoms with Crippen LogP contribution in [0, 0.1) is 11.3 Å². The van der Waals surface area contributed by atoms with Crippen LogP contribution in [0.25, 0.3) is 55.9 Å². The molecule has 7 aromatic carbocycles. The second-order valence-electron chi connectivity index (χ2n) is 12.3. The molecular weight excluding hydrogens is 585 g/mol. The fraction of sp³-hybridized carbons (Fsp3) is 0.0222. The van der Waals surface area contributed by atoms with Gasteiger partial charge in [0.15, 0.2) is 5.58 Å². The van der Waals surface area contributed by atoms with E-state index in [0.717, 1.165) is 38.9 Å². The molecule has 1 heterocycles. The van der Waals surface area contributed by atoms with Crippen LogP contribution in [-0.4, -0.2) is 4.98 Å². The number of hydrogen-bond acceptors (Lipinski definition) is 3. The Morgan fingerprint density at radius 1 is 0.479 bits per heavy atom. The Morgan fingerprint density at radius 3 is 1.85 bits per heavy atom. The molecule has 0 saturated heterocycles. The van der Waals surface area contributed by atoms with Gasteiger partial charge in [-0.25, -0.2) is 4.98 Å². The minimum Gasteiger partial charge on any atom is -0.436 e. The molecule has 224 valence electrons. The van der Waals surface area contributed by atoms with Gasteiger partial charge in [0.1, 0.15) is 5.52 Å². The second kappa shape index (κ2) is 11.1. The highest BCUT2D eigenvalue weighted by Crippen LogP contribution is 2.56. The van der Waals surface area contributed by atoms with Gasteiger partial charge in [0.25, 0.3) is 0 Å². The van der Waals surface area contributed by atoms with E-state index in [9.17, 15) is 5.26 Å². The lowest BCUT2D eigenvalue weighted by Gasteiger charge is -2.33. The molecular formula is C45H28N2O. The molecule has 0 spiro atoms. The van der Waals surface area contributed by atoms with E-state index in [1.165, 1.54) is 33.4 Å². The Kier molecular flexibility index (Phi) is 6.42. The van der Waals surface area contributed by atoms with Crippen molar-refractivity contribution in [2.24, 2.45) is 0 Å². The number of rotatable bonds is 5. The van der Waals surface area contributed by atoms with Crippen LogP contribution in [0.2, 0.25) is 0 Å². The minimum atomic E-state index is -0.415. The largest absolute Gasteiger partial charge is 0.436 e. The van der Waals surface area contributed by atoms with Crippen molar-refractivity contribution in [2.45, 2.75) is 5.41 Å². The average Bonchev–Trinajstić information content (AvgIpc) is 3.73. The Balaban J connectivity index is 1.14. The maximum absolute atomic E-state index is 9.36. The lowest BCUT2D eigenvalue weighted by atomic mass is 9.67. The number of benzene rings is 7. The zero-order valence-electron chi connectivity index (χ0n) is 26.0. The van der Waals surface area contributed by atoms with Crippen LogP contribution in [0.5, 0.6) is 0 Å². The Labute approximate surface area is 279 Å². The molecule has 0 bridgehead atoms. The average molecular weight is 613 g/mol. The Morgan fingerprint density at radius 2 is 1.08 bits per heavy atom. The van der Waals surface area contributed by atoms with Gasteiger partial charge in [0.2, 0.25) is 5.89 Å². The van der Waals surface area contributed by atoms with E-state index in [-0.39, 0.29) is 0 Å². The van der Waals surface area contributed by atoms with Crippen molar-refractivity contribution in [1.82, 2.24) is 4.98 Å². The van der Waals surface area contributed by atoms with Crippen LogP contribution >= 0.6 is 0 Å². The van der Waals surface area contributed by atoms with Crippen molar-refractivity contribution < 1.29 is 4.42 Å². The van der Waals surface area contributed by atoms with Crippen LogP contribution < -0.4 is 0 Å². The first-order chi connectivity index (χ1) is 23.7. The molecule has 0 radical (unpaired) electrons. The van der Waals surface area contributed by atoms with Gasteiger partial charge in [-0.3, -0.25) is 0 Å². The highest BCUT2D eigenvalue weighted by molar-refractivity contribution is 5.90. The first-order valence-electron chi connectivity index (χ1n) is 16.1. The summed E-state index contributed by atoms with van der Waals surface area (Å²) >= 11 is 0. The van der Waals surface area contributed by atoms with Crippen LogP contribution in [-0.2, 0) is 5.41 Å². The quantitative estimate of drug-likeness (QED) is 0.194. The van der Waals surface area contributed by atoms with Gasteiger partial charge >= 0.3 is 0 Å². The van der Waals surface area contributed by atoms with Crippen LogP contribution in [0.15, 0.2) is 174 Å². The minimum absolute atomic E-state index is 0.415. The number of aromatic nitrogens is 1. The van der Waals surface area contributed by atoms with Gasteiger partial charge in [-0.15, -0.1) is 0 Å². The van der Waals surface area contributed by atoms with Crippen LogP contribution in [0.4, 0.5) is 0 Å². The van der Waals surface area contributed by atoms with Crippen molar-refractivity contribution in [2.75, 3.05) is 0 Å². The third kappa shape index (κ3) is 4.31. The van der Waals surface area contributed by atoms with E-state index in [0.29, 0.717) is 11.5 Å². The van der Waals surface area contributed by atoms with E-state index in [1.807, 2.05) is 48.5 Å². The lowest BCUT2D eigenvalue weighted by molar-refractivity contribution is 0.620. The maximum Gasteiger partial charge on any atom is 0.227 e. The summed E-state index contributed by atoms with van der Waals surface area (Å²) in [7, 11) is 0. The van der Waals surface area contributed by atoms with E-state index >= 15 is 0 Å². The van der Waals surface area contributed by atoms with Crippen molar-refractivity contribution in [3.05, 3.63) is 198 Å². The van der Waals surface area contributed by atoms with E-state index < -0.39 is 5.41 Å². The zero-order valence-corrected chi connectivity index (χ0v) is 26.0. The van der Waals surface area contributed by atoms with Crippen molar-refractivity contribution in [1.29, 1.82) is 5.26 Å². The Bertz CT molecular complexity index is 2480. The summed E-state index contributed by atoms with van der Waals surface area (Å²) in [6, 6.07) is 61.7. The number of oxazole rings is 1. The van der Waals surface area contributed by atoms with Gasteiger partial charge in [0, 0.05) is 5.56 Å². The molecule has 48 heavy (non-hydrogen) atoms. The van der Waals surface area contributed by atoms with Crippen LogP contribution in [0.1, 0.15) is 27.8 Å². The van der Waals surface area contributed by atoms with Gasteiger partial charge in [-0.05, 0) is 98.1 Å². The highest BCUT2D eigenvalue weighted by atomic mass is 16.3. The summed E-state index contributed by atoms with van der Waals surface area (Å²) < 4.78 is 6.39. The van der Waals surface area contributed by atoms with Crippen molar-refractivity contribution in [3.8, 4) is 50.9 Å². The zero-order chi connectivity index (χ0) is 32.1. The van der Waals surface area contributed by atoms with E-state index in [4.69, 9.17) is 9.40 Å². The summed E-state index contributed by atoms with van der Waals surface area (Å²) in [5.74, 6) is 0.568. The van der Waals surface area contributed by atoms with Gasteiger partial charge in [0.05, 0.1) is 17.0 Å². The maximum atomic E-state index is 9.36. The first kappa shape index (κ1) is 27.8. The fourth-order valence-electron chi connectivity index (χ4n) is 7.46. The Hall–Kier alpha value is -6.50. The molecule has 8 aromatic rings. The molecule has 0 saturated carbocycles. The van der Waals surface area contributed by atoms with Crippen molar-refractivity contribution in [3.63, 3.8) is 0 Å². The number of fused-ring (bicyclic) bond motifs is 4. The summed E-state index contributed by atoms with van der Waals surface area (Å²) in [6.45, 7) is 0. The molecule has 3 heteroatoms. The summed E-state index contributed by atoms with van der Waals surface area (Å²) in [5, 5.41) is 9.36. The molecule has 0 N–H and O–H groups in total. The molecule has 1 aliphatic carbocycles. The molecule has 0 atom stereocenters. The van der Waals surface area contributed by atoms with Crippen LogP contribution in [0.3, 0.4) is 0 Å². The molecule has 1 aromatic heterocycles. The molecule has 1 aliphatic rings. The molecule has 3 nitrogen and oxygen atoms in total. The van der Waals surface area contributed by atoms with E-state index in [1.54, 1.807) is 0 Å². The smallest absolute Gasteiger partial charge is 0.227 e. The molecule has 0 aliphatic heterocycles. The number of hydrogen-bond donors (Lipinski definition) is 0. The van der Waals surface area contributed by atoms with Gasteiger partial charge < -0.3 is 4.42 Å². The standard InChI is InChI=1S/C45H28N2O/c46-29-30-11-9-12-31(25-30)32-13-10-14-35(26-32)44-47-42-24-22-34(28-43(42)48-44)33-21-23-41-39(27-33)38-19-7-8-20-40(38)45(41,36-15-3-1-4-16-36)37-17-5-2-6-18-37/h1-28H. The third-order valence-electron chi connectivity index (χ3n) is 9.61. The normalized spacial score (nSPS) is 12.7. The summed E-state index contributed by atoms with van der Waals surface area (Å²) in [6.07, 6.45) is 0. The predicted molar refractivity (Wildman–Crippen MR) is 192 cm³/mol. The first-order valence-corrected chi connectivity index (χ1v) is 16.1. The SMILES string of the molecule is N#Cc1cccc(-c2cccc(-c3nc4ccc(-c5ccc6c(c5)-c5ccccc5C6(c5ccccc5)c5ccccc5)cc4o3)c2)c1. The number of nitriles is 1.